The van der Waals surface area contributed by atoms with Gasteiger partial charge in [-0.3, -0.25) is 15.5 Å². The van der Waals surface area contributed by atoms with Crippen molar-refractivity contribution >= 4 is 23.3 Å². The zero-order valence-electron chi connectivity index (χ0n) is 15.7. The Hall–Kier alpha value is -3.67. The van der Waals surface area contributed by atoms with Crippen molar-refractivity contribution in [1.82, 2.24) is 0 Å². The van der Waals surface area contributed by atoms with Gasteiger partial charge in [0, 0.05) is 30.9 Å². The number of nitrogens with one attached hydrogen (secondary N) is 1. The summed E-state index contributed by atoms with van der Waals surface area (Å²) in [5.74, 6) is 0. The fourth-order valence-corrected chi connectivity index (χ4v) is 2.80. The Kier molecular flexibility index (Phi) is 6.36. The molecule has 0 saturated heterocycles. The minimum absolute atomic E-state index is 0.0566. The minimum atomic E-state index is -0.425. The van der Waals surface area contributed by atoms with Crippen LogP contribution in [0.5, 0.6) is 0 Å². The van der Waals surface area contributed by atoms with Crippen molar-refractivity contribution in [3.05, 3.63) is 100 Å². The average Bonchev–Trinajstić information content (AvgIpc) is 2.74. The van der Waals surface area contributed by atoms with Crippen LogP contribution in [0.2, 0.25) is 0 Å². The summed E-state index contributed by atoms with van der Waals surface area (Å²) in [6.07, 6.45) is 1.72. The van der Waals surface area contributed by atoms with E-state index in [0.29, 0.717) is 5.69 Å². The summed E-state index contributed by atoms with van der Waals surface area (Å²) in [6.45, 7) is 3.93. The fourth-order valence-electron chi connectivity index (χ4n) is 2.80. The summed E-state index contributed by atoms with van der Waals surface area (Å²) in [5.41, 5.74) is 7.03. The highest BCUT2D eigenvalue weighted by Crippen LogP contribution is 2.18. The van der Waals surface area contributed by atoms with Gasteiger partial charge in [0.1, 0.15) is 0 Å². The molecule has 0 fully saturated rings. The molecule has 3 aromatic carbocycles. The van der Waals surface area contributed by atoms with E-state index >= 15 is 0 Å². The second kappa shape index (κ2) is 9.32. The average molecular weight is 374 g/mol. The molecule has 1 N–H and O–H groups in total. The molecule has 142 valence electrons. The van der Waals surface area contributed by atoms with E-state index in [2.05, 4.69) is 58.7 Å². The third-order valence-corrected chi connectivity index (χ3v) is 4.34. The van der Waals surface area contributed by atoms with Gasteiger partial charge in [0.15, 0.2) is 0 Å². The topological polar surface area (TPSA) is 70.8 Å². The zero-order valence-corrected chi connectivity index (χ0v) is 15.7. The molecule has 28 heavy (non-hydrogen) atoms. The number of anilines is 2. The molecule has 6 heteroatoms. The molecular weight excluding hydrogens is 352 g/mol. The standard InChI is InChI=1S/C22H22N4O2/c1-2-25(17-19-6-4-3-5-7-19)21-12-8-18(9-13-21)16-23-24-20-10-14-22(15-11-20)26(27)28/h3-16,24H,2,17H2,1H3/b23-16+. The first kappa shape index (κ1) is 19.1. The lowest BCUT2D eigenvalue weighted by Gasteiger charge is -2.23. The lowest BCUT2D eigenvalue weighted by atomic mass is 10.1. The number of non-ortho nitro benzene ring substituents is 1. The number of hydrogen-bond donors (Lipinski definition) is 1. The van der Waals surface area contributed by atoms with Gasteiger partial charge in [0.2, 0.25) is 0 Å². The van der Waals surface area contributed by atoms with E-state index in [1.165, 1.54) is 17.7 Å². The second-order valence-electron chi connectivity index (χ2n) is 6.27. The molecular formula is C22H22N4O2. The van der Waals surface area contributed by atoms with Crippen molar-refractivity contribution in [2.45, 2.75) is 13.5 Å². The third-order valence-electron chi connectivity index (χ3n) is 4.34. The number of nitrogens with zero attached hydrogens (tertiary/aromatic N) is 3. The molecule has 0 bridgehead atoms. The summed E-state index contributed by atoms with van der Waals surface area (Å²) in [5, 5.41) is 14.9. The number of hydrazone groups is 1. The van der Waals surface area contributed by atoms with Gasteiger partial charge in [0.25, 0.3) is 5.69 Å². The van der Waals surface area contributed by atoms with Crippen LogP contribution in [0.15, 0.2) is 84.0 Å². The van der Waals surface area contributed by atoms with Gasteiger partial charge in [0.05, 0.1) is 16.8 Å². The second-order valence-corrected chi connectivity index (χ2v) is 6.27. The van der Waals surface area contributed by atoms with Crippen molar-refractivity contribution in [3.8, 4) is 0 Å². The Balaban J connectivity index is 1.60. The highest BCUT2D eigenvalue weighted by molar-refractivity contribution is 5.81. The summed E-state index contributed by atoms with van der Waals surface area (Å²) in [7, 11) is 0. The Morgan fingerprint density at radius 2 is 1.68 bits per heavy atom. The Morgan fingerprint density at radius 1 is 1.00 bits per heavy atom. The van der Waals surface area contributed by atoms with Crippen molar-refractivity contribution < 1.29 is 4.92 Å². The van der Waals surface area contributed by atoms with E-state index in [1.807, 2.05) is 18.2 Å². The van der Waals surface area contributed by atoms with E-state index in [4.69, 9.17) is 0 Å². The van der Waals surface area contributed by atoms with Crippen molar-refractivity contribution in [1.29, 1.82) is 0 Å². The van der Waals surface area contributed by atoms with E-state index in [1.54, 1.807) is 18.3 Å². The quantitative estimate of drug-likeness (QED) is 0.340. The lowest BCUT2D eigenvalue weighted by Crippen LogP contribution is -2.21. The highest BCUT2D eigenvalue weighted by Gasteiger charge is 2.05. The molecule has 6 nitrogen and oxygen atoms in total. The number of rotatable bonds is 8. The van der Waals surface area contributed by atoms with Crippen LogP contribution < -0.4 is 10.3 Å². The van der Waals surface area contributed by atoms with Crippen LogP contribution in [-0.2, 0) is 6.54 Å². The Bertz CT molecular complexity index is 923. The molecule has 0 aliphatic carbocycles. The largest absolute Gasteiger partial charge is 0.367 e. The summed E-state index contributed by atoms with van der Waals surface area (Å²) in [4.78, 5) is 12.5. The molecule has 0 spiro atoms. The first-order valence-electron chi connectivity index (χ1n) is 9.08. The van der Waals surface area contributed by atoms with E-state index in [-0.39, 0.29) is 5.69 Å². The van der Waals surface area contributed by atoms with Gasteiger partial charge in [-0.05, 0) is 42.3 Å². The molecule has 0 unspecified atom stereocenters. The van der Waals surface area contributed by atoms with Gasteiger partial charge in [-0.2, -0.15) is 5.10 Å². The van der Waals surface area contributed by atoms with Gasteiger partial charge in [-0.1, -0.05) is 42.5 Å². The lowest BCUT2D eigenvalue weighted by molar-refractivity contribution is -0.384. The molecule has 0 aliphatic heterocycles. The highest BCUT2D eigenvalue weighted by atomic mass is 16.6. The van der Waals surface area contributed by atoms with Gasteiger partial charge < -0.3 is 4.90 Å². The van der Waals surface area contributed by atoms with Gasteiger partial charge in [-0.25, -0.2) is 0 Å². The van der Waals surface area contributed by atoms with Crippen LogP contribution in [0.25, 0.3) is 0 Å². The number of benzene rings is 3. The smallest absolute Gasteiger partial charge is 0.269 e. The van der Waals surface area contributed by atoms with Crippen LogP contribution in [0.4, 0.5) is 17.1 Å². The molecule has 0 amide bonds. The predicted octanol–water partition coefficient (Wildman–Crippen LogP) is 5.07. The van der Waals surface area contributed by atoms with Gasteiger partial charge in [-0.15, -0.1) is 0 Å². The monoisotopic (exact) mass is 374 g/mol. The normalized spacial score (nSPS) is 10.8. The van der Waals surface area contributed by atoms with Gasteiger partial charge >= 0.3 is 0 Å². The van der Waals surface area contributed by atoms with Crippen LogP contribution in [-0.4, -0.2) is 17.7 Å². The number of hydrogen-bond acceptors (Lipinski definition) is 5. The molecule has 0 aromatic heterocycles. The van der Waals surface area contributed by atoms with Crippen LogP contribution in [0.3, 0.4) is 0 Å². The first-order chi connectivity index (χ1) is 13.7. The molecule has 0 atom stereocenters. The number of nitro groups is 1. The van der Waals surface area contributed by atoms with Crippen molar-refractivity contribution in [2.24, 2.45) is 5.10 Å². The molecule has 0 radical (unpaired) electrons. The first-order valence-corrected chi connectivity index (χ1v) is 9.08. The van der Waals surface area contributed by atoms with Crippen LogP contribution >= 0.6 is 0 Å². The maximum atomic E-state index is 10.7. The van der Waals surface area contributed by atoms with Crippen molar-refractivity contribution in [3.63, 3.8) is 0 Å². The minimum Gasteiger partial charge on any atom is -0.367 e. The van der Waals surface area contributed by atoms with E-state index in [9.17, 15) is 10.1 Å². The summed E-state index contributed by atoms with van der Waals surface area (Å²) in [6, 6.07) is 24.7. The molecule has 0 heterocycles. The van der Waals surface area contributed by atoms with Crippen molar-refractivity contribution in [2.75, 3.05) is 16.9 Å². The molecule has 3 rings (SSSR count). The third kappa shape index (κ3) is 5.17. The molecule has 0 aliphatic rings. The summed E-state index contributed by atoms with van der Waals surface area (Å²) < 4.78 is 0. The fraction of sp³-hybridized carbons (Fsp3) is 0.136. The zero-order chi connectivity index (χ0) is 19.8. The maximum Gasteiger partial charge on any atom is 0.269 e. The van der Waals surface area contributed by atoms with E-state index < -0.39 is 4.92 Å². The number of nitro benzene ring substituents is 1. The molecule has 0 saturated carbocycles. The van der Waals surface area contributed by atoms with Crippen LogP contribution in [0, 0.1) is 10.1 Å². The summed E-state index contributed by atoms with van der Waals surface area (Å²) >= 11 is 0. The maximum absolute atomic E-state index is 10.7. The molecule has 3 aromatic rings. The SMILES string of the molecule is CCN(Cc1ccccc1)c1ccc(/C=N/Nc2ccc([N+](=O)[O-])cc2)cc1. The Labute approximate surface area is 164 Å². The van der Waals surface area contributed by atoms with Crippen LogP contribution in [0.1, 0.15) is 18.1 Å². The Morgan fingerprint density at radius 3 is 2.29 bits per heavy atom. The predicted molar refractivity (Wildman–Crippen MR) is 114 cm³/mol. The van der Waals surface area contributed by atoms with E-state index in [0.717, 1.165) is 24.3 Å².